The molecular formula is C9H18O. The summed E-state index contributed by atoms with van der Waals surface area (Å²) in [5, 5.41) is 9.38. The normalized spacial score (nSPS) is 42.9. The summed E-state index contributed by atoms with van der Waals surface area (Å²) in [5.41, 5.74) is 0. The van der Waals surface area contributed by atoms with Crippen LogP contribution in [-0.4, -0.2) is 11.2 Å². The number of hydrogen-bond acceptors (Lipinski definition) is 1. The molecule has 1 fully saturated rings. The lowest BCUT2D eigenvalue weighted by atomic mass is 9.96. The van der Waals surface area contributed by atoms with Crippen molar-refractivity contribution in [3.63, 3.8) is 0 Å². The Morgan fingerprint density at radius 2 is 1.70 bits per heavy atom. The first-order valence-electron chi connectivity index (χ1n) is 4.36. The van der Waals surface area contributed by atoms with Gasteiger partial charge in [-0.2, -0.15) is 0 Å². The first-order valence-corrected chi connectivity index (χ1v) is 4.36. The van der Waals surface area contributed by atoms with Gasteiger partial charge in [0.25, 0.3) is 0 Å². The second-order valence-corrected chi connectivity index (χ2v) is 3.91. The van der Waals surface area contributed by atoms with Crippen LogP contribution in [0.2, 0.25) is 0 Å². The number of hydrogen-bond donors (Lipinski definition) is 1. The predicted octanol–water partition coefficient (Wildman–Crippen LogP) is 2.19. The summed E-state index contributed by atoms with van der Waals surface area (Å²) in [7, 11) is 0. The van der Waals surface area contributed by atoms with Crippen LogP contribution in [0.4, 0.5) is 0 Å². The van der Waals surface area contributed by atoms with Crippen molar-refractivity contribution in [1.82, 2.24) is 0 Å². The Bertz CT molecular complexity index is 88.9. The predicted molar refractivity (Wildman–Crippen MR) is 42.8 cm³/mol. The zero-order valence-electron chi connectivity index (χ0n) is 7.01. The molecule has 1 nitrogen and oxygen atoms in total. The first-order chi connectivity index (χ1) is 4.68. The summed E-state index contributed by atoms with van der Waals surface area (Å²) >= 11 is 0. The van der Waals surface area contributed by atoms with Gasteiger partial charge in [-0.3, -0.25) is 0 Å². The average Bonchev–Trinajstić information content (AvgIpc) is 1.93. The smallest absolute Gasteiger partial charge is 0.0542 e. The third-order valence-electron chi connectivity index (χ3n) is 2.47. The van der Waals surface area contributed by atoms with Crippen LogP contribution in [0.3, 0.4) is 0 Å². The highest BCUT2D eigenvalue weighted by Gasteiger charge is 2.18. The van der Waals surface area contributed by atoms with Crippen LogP contribution >= 0.6 is 0 Å². The zero-order chi connectivity index (χ0) is 7.56. The fraction of sp³-hybridized carbons (Fsp3) is 1.00. The van der Waals surface area contributed by atoms with Crippen molar-refractivity contribution >= 4 is 0 Å². The molecule has 0 saturated heterocycles. The molecule has 1 aliphatic carbocycles. The van der Waals surface area contributed by atoms with Crippen molar-refractivity contribution in [2.24, 2.45) is 11.8 Å². The summed E-state index contributed by atoms with van der Waals surface area (Å²) in [4.78, 5) is 0. The van der Waals surface area contributed by atoms with Crippen LogP contribution in [-0.2, 0) is 0 Å². The van der Waals surface area contributed by atoms with Gasteiger partial charge in [0.1, 0.15) is 0 Å². The number of aliphatic hydroxyl groups is 1. The molecule has 3 unspecified atom stereocenters. The van der Waals surface area contributed by atoms with Crippen molar-refractivity contribution in [3.8, 4) is 0 Å². The van der Waals surface area contributed by atoms with E-state index in [0.717, 1.165) is 24.7 Å². The molecule has 1 aliphatic rings. The van der Waals surface area contributed by atoms with Gasteiger partial charge in [-0.1, -0.05) is 13.8 Å². The van der Waals surface area contributed by atoms with Crippen molar-refractivity contribution in [2.45, 2.75) is 45.6 Å². The van der Waals surface area contributed by atoms with E-state index in [0.29, 0.717) is 0 Å². The Morgan fingerprint density at radius 3 is 2.40 bits per heavy atom. The van der Waals surface area contributed by atoms with Gasteiger partial charge < -0.3 is 5.11 Å². The van der Waals surface area contributed by atoms with Crippen LogP contribution in [0, 0.1) is 11.8 Å². The van der Waals surface area contributed by atoms with Crippen molar-refractivity contribution in [3.05, 3.63) is 0 Å². The maximum Gasteiger partial charge on any atom is 0.0542 e. The van der Waals surface area contributed by atoms with E-state index < -0.39 is 0 Å². The molecule has 0 bridgehead atoms. The van der Waals surface area contributed by atoms with Crippen LogP contribution in [0.15, 0.2) is 0 Å². The first kappa shape index (κ1) is 8.06. The highest BCUT2D eigenvalue weighted by atomic mass is 16.3. The van der Waals surface area contributed by atoms with Gasteiger partial charge in [-0.05, 0) is 37.5 Å². The zero-order valence-corrected chi connectivity index (χ0v) is 7.01. The Morgan fingerprint density at radius 1 is 1.00 bits per heavy atom. The molecule has 1 saturated carbocycles. The van der Waals surface area contributed by atoms with Gasteiger partial charge in [0, 0.05) is 0 Å². The highest BCUT2D eigenvalue weighted by Crippen LogP contribution is 2.26. The summed E-state index contributed by atoms with van der Waals surface area (Å²) in [6, 6.07) is 0. The molecule has 1 rings (SSSR count). The maximum absolute atomic E-state index is 9.38. The van der Waals surface area contributed by atoms with E-state index in [1.54, 1.807) is 0 Å². The number of rotatable bonds is 0. The topological polar surface area (TPSA) is 20.2 Å². The summed E-state index contributed by atoms with van der Waals surface area (Å²) in [5.74, 6) is 1.56. The van der Waals surface area contributed by atoms with E-state index in [1.807, 2.05) is 0 Å². The fourth-order valence-corrected chi connectivity index (χ4v) is 1.96. The molecule has 60 valence electrons. The monoisotopic (exact) mass is 142 g/mol. The van der Waals surface area contributed by atoms with Crippen LogP contribution in [0.1, 0.15) is 39.5 Å². The average molecular weight is 142 g/mol. The highest BCUT2D eigenvalue weighted by molar-refractivity contribution is 4.70. The molecule has 3 atom stereocenters. The largest absolute Gasteiger partial charge is 0.393 e. The summed E-state index contributed by atoms with van der Waals surface area (Å²) in [6.07, 6.45) is 4.54. The van der Waals surface area contributed by atoms with E-state index in [-0.39, 0.29) is 6.10 Å². The molecule has 0 radical (unpaired) electrons. The van der Waals surface area contributed by atoms with Gasteiger partial charge in [0.05, 0.1) is 6.10 Å². The second-order valence-electron chi connectivity index (χ2n) is 3.91. The number of aliphatic hydroxyl groups excluding tert-OH is 1. The Kier molecular flexibility index (Phi) is 2.72. The molecule has 1 heteroatoms. The summed E-state index contributed by atoms with van der Waals surface area (Å²) in [6.45, 7) is 4.53. The van der Waals surface area contributed by atoms with E-state index in [9.17, 15) is 5.11 Å². The molecule has 0 aliphatic heterocycles. The van der Waals surface area contributed by atoms with Gasteiger partial charge in [-0.15, -0.1) is 0 Å². The molecule has 0 aromatic heterocycles. The van der Waals surface area contributed by atoms with Gasteiger partial charge >= 0.3 is 0 Å². The van der Waals surface area contributed by atoms with E-state index in [4.69, 9.17) is 0 Å². The van der Waals surface area contributed by atoms with Crippen molar-refractivity contribution in [1.29, 1.82) is 0 Å². The second kappa shape index (κ2) is 3.38. The molecule has 10 heavy (non-hydrogen) atoms. The molecule has 0 aromatic rings. The molecule has 0 spiro atoms. The standard InChI is InChI=1S/C9H18O/c1-7-3-4-9(10)6-8(2)5-7/h7-10H,3-6H2,1-2H3. The Hall–Kier alpha value is -0.0400. The van der Waals surface area contributed by atoms with E-state index in [1.165, 1.54) is 12.8 Å². The fourth-order valence-electron chi connectivity index (χ4n) is 1.96. The van der Waals surface area contributed by atoms with Crippen molar-refractivity contribution in [2.75, 3.05) is 0 Å². The van der Waals surface area contributed by atoms with Crippen LogP contribution in [0.5, 0.6) is 0 Å². The Balaban J connectivity index is 2.38. The third kappa shape index (κ3) is 2.30. The summed E-state index contributed by atoms with van der Waals surface area (Å²) < 4.78 is 0. The molecular weight excluding hydrogens is 124 g/mol. The SMILES string of the molecule is CC1CCC(O)CC(C)C1. The van der Waals surface area contributed by atoms with E-state index >= 15 is 0 Å². The van der Waals surface area contributed by atoms with Crippen LogP contribution < -0.4 is 0 Å². The van der Waals surface area contributed by atoms with Gasteiger partial charge in [0.2, 0.25) is 0 Å². The molecule has 0 heterocycles. The quantitative estimate of drug-likeness (QED) is 0.514. The maximum atomic E-state index is 9.38. The molecule has 1 N–H and O–H groups in total. The minimum Gasteiger partial charge on any atom is -0.393 e. The lowest BCUT2D eigenvalue weighted by Gasteiger charge is -2.11. The lowest BCUT2D eigenvalue weighted by molar-refractivity contribution is 0.144. The molecule has 0 amide bonds. The van der Waals surface area contributed by atoms with E-state index in [2.05, 4.69) is 13.8 Å². The Labute approximate surface area is 63.4 Å². The third-order valence-corrected chi connectivity index (χ3v) is 2.47. The lowest BCUT2D eigenvalue weighted by Crippen LogP contribution is -2.07. The van der Waals surface area contributed by atoms with Crippen molar-refractivity contribution < 1.29 is 5.11 Å². The van der Waals surface area contributed by atoms with Gasteiger partial charge in [0.15, 0.2) is 0 Å². The minimum atomic E-state index is -0.0139. The minimum absolute atomic E-state index is 0.0139. The van der Waals surface area contributed by atoms with Crippen LogP contribution in [0.25, 0.3) is 0 Å². The van der Waals surface area contributed by atoms with Gasteiger partial charge in [-0.25, -0.2) is 0 Å². The molecule has 0 aromatic carbocycles.